The van der Waals surface area contributed by atoms with Gasteiger partial charge in [-0.1, -0.05) is 32.0 Å². The second-order valence-electron chi connectivity index (χ2n) is 5.50. The molecular formula is C16H17N3O2. The van der Waals surface area contributed by atoms with Gasteiger partial charge in [0.25, 0.3) is 0 Å². The van der Waals surface area contributed by atoms with Crippen molar-refractivity contribution >= 4 is 16.8 Å². The molecule has 5 nitrogen and oxygen atoms in total. The van der Waals surface area contributed by atoms with Gasteiger partial charge >= 0.3 is 0 Å². The van der Waals surface area contributed by atoms with Crippen LogP contribution in [0.3, 0.4) is 0 Å². The van der Waals surface area contributed by atoms with E-state index < -0.39 is 0 Å². The summed E-state index contributed by atoms with van der Waals surface area (Å²) in [5.41, 5.74) is 0.726. The Morgan fingerprint density at radius 2 is 2.14 bits per heavy atom. The third-order valence-electron chi connectivity index (χ3n) is 3.25. The number of Topliss-reactive ketones (excluding diaryl/α,β-unsaturated/α-hetero) is 1. The molecule has 1 aromatic carbocycles. The van der Waals surface area contributed by atoms with E-state index >= 15 is 0 Å². The zero-order chi connectivity index (χ0) is 14.8. The third kappa shape index (κ3) is 2.86. The highest BCUT2D eigenvalue weighted by Gasteiger charge is 2.16. The molecular weight excluding hydrogens is 266 g/mol. The lowest BCUT2D eigenvalue weighted by molar-refractivity contribution is 0.0964. The predicted molar refractivity (Wildman–Crippen MR) is 79.1 cm³/mol. The molecule has 0 spiro atoms. The normalized spacial score (nSPS) is 11.4. The first kappa shape index (κ1) is 13.5. The van der Waals surface area contributed by atoms with Gasteiger partial charge in [0.1, 0.15) is 17.7 Å². The fourth-order valence-electron chi connectivity index (χ4n) is 2.27. The first-order chi connectivity index (χ1) is 10.1. The second kappa shape index (κ2) is 5.52. The van der Waals surface area contributed by atoms with E-state index in [0.717, 1.165) is 17.5 Å². The van der Waals surface area contributed by atoms with Crippen molar-refractivity contribution in [1.82, 2.24) is 14.8 Å². The summed E-state index contributed by atoms with van der Waals surface area (Å²) >= 11 is 0. The monoisotopic (exact) mass is 283 g/mol. The van der Waals surface area contributed by atoms with Crippen LogP contribution in [0.5, 0.6) is 0 Å². The molecule has 0 bridgehead atoms. The molecule has 0 unspecified atom stereocenters. The number of furan rings is 1. The highest BCUT2D eigenvalue weighted by molar-refractivity contribution is 5.98. The molecule has 0 saturated carbocycles. The summed E-state index contributed by atoms with van der Waals surface area (Å²) in [5, 5.41) is 5.10. The van der Waals surface area contributed by atoms with Crippen molar-refractivity contribution in [3.8, 4) is 0 Å². The maximum atomic E-state index is 12.3. The van der Waals surface area contributed by atoms with Crippen molar-refractivity contribution in [1.29, 1.82) is 0 Å². The molecule has 0 amide bonds. The molecule has 108 valence electrons. The fraction of sp³-hybridized carbons (Fsp3) is 0.312. The van der Waals surface area contributed by atoms with Gasteiger partial charge in [-0.3, -0.25) is 4.79 Å². The van der Waals surface area contributed by atoms with Gasteiger partial charge in [0.2, 0.25) is 5.78 Å². The number of nitrogens with zero attached hydrogens (tertiary/aromatic N) is 3. The van der Waals surface area contributed by atoms with Gasteiger partial charge in [0.15, 0.2) is 5.76 Å². The number of aromatic nitrogens is 3. The van der Waals surface area contributed by atoms with Crippen LogP contribution in [0.25, 0.3) is 11.0 Å². The molecule has 2 heterocycles. The van der Waals surface area contributed by atoms with Crippen molar-refractivity contribution in [2.24, 2.45) is 5.92 Å². The van der Waals surface area contributed by atoms with E-state index in [2.05, 4.69) is 23.9 Å². The summed E-state index contributed by atoms with van der Waals surface area (Å²) in [7, 11) is 0. The highest BCUT2D eigenvalue weighted by Crippen LogP contribution is 2.20. The lowest BCUT2D eigenvalue weighted by Gasteiger charge is -2.07. The van der Waals surface area contributed by atoms with E-state index in [-0.39, 0.29) is 12.2 Å². The van der Waals surface area contributed by atoms with Crippen LogP contribution in [0, 0.1) is 5.92 Å². The summed E-state index contributed by atoms with van der Waals surface area (Å²) in [4.78, 5) is 16.5. The molecule has 0 radical (unpaired) electrons. The van der Waals surface area contributed by atoms with Gasteiger partial charge in [-0.25, -0.2) is 9.67 Å². The van der Waals surface area contributed by atoms with Gasteiger partial charge < -0.3 is 4.42 Å². The Bertz CT molecular complexity index is 738. The average molecular weight is 283 g/mol. The van der Waals surface area contributed by atoms with Crippen LogP contribution < -0.4 is 0 Å². The van der Waals surface area contributed by atoms with Crippen LogP contribution >= 0.6 is 0 Å². The van der Waals surface area contributed by atoms with Gasteiger partial charge in [-0.15, -0.1) is 0 Å². The minimum Gasteiger partial charge on any atom is -0.453 e. The molecule has 5 heteroatoms. The van der Waals surface area contributed by atoms with Crippen LogP contribution in [0.2, 0.25) is 0 Å². The van der Waals surface area contributed by atoms with E-state index in [1.54, 1.807) is 10.7 Å². The summed E-state index contributed by atoms with van der Waals surface area (Å²) in [5.74, 6) is 1.42. The number of fused-ring (bicyclic) bond motifs is 1. The molecule has 0 atom stereocenters. The van der Waals surface area contributed by atoms with E-state index in [0.29, 0.717) is 17.5 Å². The molecule has 21 heavy (non-hydrogen) atoms. The van der Waals surface area contributed by atoms with Crippen LogP contribution in [0.1, 0.15) is 30.2 Å². The molecule has 0 saturated heterocycles. The van der Waals surface area contributed by atoms with Crippen molar-refractivity contribution in [2.45, 2.75) is 26.8 Å². The zero-order valence-electron chi connectivity index (χ0n) is 12.1. The lowest BCUT2D eigenvalue weighted by Crippen LogP contribution is -2.14. The topological polar surface area (TPSA) is 60.9 Å². The first-order valence-corrected chi connectivity index (χ1v) is 7.02. The van der Waals surface area contributed by atoms with Crippen molar-refractivity contribution in [3.05, 3.63) is 48.2 Å². The molecule has 0 aliphatic heterocycles. The second-order valence-corrected chi connectivity index (χ2v) is 5.50. The van der Waals surface area contributed by atoms with Gasteiger partial charge in [0, 0.05) is 11.9 Å². The predicted octanol–water partition coefficient (Wildman–Crippen LogP) is 3.11. The Morgan fingerprint density at radius 1 is 1.33 bits per heavy atom. The Morgan fingerprint density at radius 3 is 2.90 bits per heavy atom. The highest BCUT2D eigenvalue weighted by atomic mass is 16.3. The van der Waals surface area contributed by atoms with Crippen LogP contribution in [-0.4, -0.2) is 20.5 Å². The summed E-state index contributed by atoms with van der Waals surface area (Å²) in [6.45, 7) is 4.96. The van der Waals surface area contributed by atoms with Gasteiger partial charge in [0.05, 0.1) is 6.42 Å². The smallest absolute Gasteiger partial charge is 0.205 e. The first-order valence-electron chi connectivity index (χ1n) is 7.02. The maximum Gasteiger partial charge on any atom is 0.205 e. The van der Waals surface area contributed by atoms with Crippen molar-refractivity contribution in [2.75, 3.05) is 0 Å². The quantitative estimate of drug-likeness (QED) is 0.675. The molecule has 0 aliphatic carbocycles. The van der Waals surface area contributed by atoms with E-state index in [1.807, 2.05) is 24.3 Å². The lowest BCUT2D eigenvalue weighted by atomic mass is 10.2. The van der Waals surface area contributed by atoms with Crippen molar-refractivity contribution in [3.63, 3.8) is 0 Å². The van der Waals surface area contributed by atoms with Gasteiger partial charge in [-0.05, 0) is 18.1 Å². The molecule has 3 aromatic rings. The number of hydrogen-bond acceptors (Lipinski definition) is 4. The van der Waals surface area contributed by atoms with E-state index in [4.69, 9.17) is 4.42 Å². The summed E-state index contributed by atoms with van der Waals surface area (Å²) in [6.07, 6.45) is 1.69. The number of ketones is 1. The van der Waals surface area contributed by atoms with E-state index in [9.17, 15) is 4.79 Å². The van der Waals surface area contributed by atoms with Crippen molar-refractivity contribution < 1.29 is 9.21 Å². The molecule has 0 N–H and O–H groups in total. The average Bonchev–Trinajstić information content (AvgIpc) is 3.05. The number of para-hydroxylation sites is 1. The summed E-state index contributed by atoms with van der Waals surface area (Å²) < 4.78 is 7.38. The molecule has 0 aliphatic rings. The molecule has 2 aromatic heterocycles. The largest absolute Gasteiger partial charge is 0.453 e. The van der Waals surface area contributed by atoms with Gasteiger partial charge in [-0.2, -0.15) is 5.10 Å². The number of hydrogen-bond donors (Lipinski definition) is 0. The van der Waals surface area contributed by atoms with Crippen LogP contribution in [-0.2, 0) is 13.0 Å². The number of carbonyl (C=O) groups is 1. The Labute approximate surface area is 122 Å². The maximum absolute atomic E-state index is 12.3. The minimum absolute atomic E-state index is 0.0794. The SMILES string of the molecule is CC(C)Cn1ncnc1CC(=O)c1cc2ccccc2o1. The molecule has 0 fully saturated rings. The standard InChI is InChI=1S/C16H17N3O2/c1-11(2)9-19-16(17-10-18-19)8-13(20)15-7-12-5-3-4-6-14(12)21-15/h3-7,10-11H,8-9H2,1-2H3. The summed E-state index contributed by atoms with van der Waals surface area (Å²) in [6, 6.07) is 9.37. The third-order valence-corrected chi connectivity index (χ3v) is 3.25. The number of rotatable bonds is 5. The number of benzene rings is 1. The van der Waals surface area contributed by atoms with E-state index in [1.165, 1.54) is 6.33 Å². The van der Waals surface area contributed by atoms with Crippen LogP contribution in [0.15, 0.2) is 41.1 Å². The molecule has 3 rings (SSSR count). The fourth-order valence-corrected chi connectivity index (χ4v) is 2.27. The minimum atomic E-state index is -0.0794. The Kier molecular flexibility index (Phi) is 3.56. The number of carbonyl (C=O) groups excluding carboxylic acids is 1. The Balaban J connectivity index is 1.81. The zero-order valence-corrected chi connectivity index (χ0v) is 12.1. The van der Waals surface area contributed by atoms with Crippen LogP contribution in [0.4, 0.5) is 0 Å². The Hall–Kier alpha value is -2.43.